The van der Waals surface area contributed by atoms with Gasteiger partial charge in [0.1, 0.15) is 31.0 Å². The predicted molar refractivity (Wildman–Crippen MR) is 164 cm³/mol. The number of nitrogens with one attached hydrogen (secondary N) is 5. The number of rotatable bonds is 10. The minimum atomic E-state index is -0.755. The zero-order chi connectivity index (χ0) is 32.8. The van der Waals surface area contributed by atoms with E-state index in [1.807, 2.05) is 48.5 Å². The number of amides is 5. The SMILES string of the molecule is CC(C)(C)OC(=O)N[C@H]1CO[C@H]2[C@@H]1OC[C@@H]2NC(=O)CNC(=O)CNC(=O)CNC(=O)OCC1c2ccccc2-c2ccccc21. The monoisotopic (exact) mass is 637 g/mol. The molecule has 14 nitrogen and oxygen atoms in total. The summed E-state index contributed by atoms with van der Waals surface area (Å²) in [5.74, 6) is -1.78. The molecular formula is C32H39N5O9. The number of hydrogen-bond donors (Lipinski definition) is 5. The number of carbonyl (C=O) groups is 5. The van der Waals surface area contributed by atoms with Gasteiger partial charge in [-0.15, -0.1) is 0 Å². The molecule has 0 bridgehead atoms. The lowest BCUT2D eigenvalue weighted by Gasteiger charge is -2.23. The number of carbonyl (C=O) groups excluding carboxylic acids is 5. The smallest absolute Gasteiger partial charge is 0.408 e. The minimum absolute atomic E-state index is 0.107. The Morgan fingerprint density at radius 2 is 1.20 bits per heavy atom. The molecule has 0 spiro atoms. The molecule has 5 N–H and O–H groups in total. The van der Waals surface area contributed by atoms with E-state index in [0.717, 1.165) is 22.3 Å². The molecule has 0 aromatic heterocycles. The first-order chi connectivity index (χ1) is 22.0. The molecule has 0 saturated carbocycles. The van der Waals surface area contributed by atoms with Gasteiger partial charge in [-0.25, -0.2) is 9.59 Å². The fraction of sp³-hybridized carbons (Fsp3) is 0.469. The molecule has 14 heteroatoms. The summed E-state index contributed by atoms with van der Waals surface area (Å²) in [7, 11) is 0. The van der Waals surface area contributed by atoms with E-state index in [1.54, 1.807) is 20.8 Å². The highest BCUT2D eigenvalue weighted by atomic mass is 16.6. The summed E-state index contributed by atoms with van der Waals surface area (Å²) in [4.78, 5) is 61.2. The van der Waals surface area contributed by atoms with Crippen LogP contribution >= 0.6 is 0 Å². The third-order valence-corrected chi connectivity index (χ3v) is 7.73. The zero-order valence-electron chi connectivity index (χ0n) is 25.9. The van der Waals surface area contributed by atoms with Crippen LogP contribution in [0.25, 0.3) is 11.1 Å². The van der Waals surface area contributed by atoms with Crippen LogP contribution in [0, 0.1) is 0 Å². The van der Waals surface area contributed by atoms with E-state index in [-0.39, 0.29) is 32.3 Å². The average molecular weight is 638 g/mol. The van der Waals surface area contributed by atoms with Crippen molar-refractivity contribution >= 4 is 29.9 Å². The molecule has 246 valence electrons. The lowest BCUT2D eigenvalue weighted by molar-refractivity contribution is -0.127. The van der Waals surface area contributed by atoms with Crippen molar-refractivity contribution in [3.05, 3.63) is 59.7 Å². The number of hydrogen-bond acceptors (Lipinski definition) is 9. The Kier molecular flexibility index (Phi) is 10.1. The molecule has 5 rings (SSSR count). The summed E-state index contributed by atoms with van der Waals surface area (Å²) in [5.41, 5.74) is 3.71. The lowest BCUT2D eigenvalue weighted by atomic mass is 9.98. The van der Waals surface area contributed by atoms with Gasteiger partial charge in [-0.2, -0.15) is 0 Å². The Balaban J connectivity index is 0.954. The van der Waals surface area contributed by atoms with E-state index < -0.39 is 72.9 Å². The Labute approximate surface area is 266 Å². The van der Waals surface area contributed by atoms with E-state index >= 15 is 0 Å². The van der Waals surface area contributed by atoms with Crippen molar-refractivity contribution in [1.82, 2.24) is 26.6 Å². The Morgan fingerprint density at radius 1 is 0.696 bits per heavy atom. The summed E-state index contributed by atoms with van der Waals surface area (Å²) >= 11 is 0. The first-order valence-electron chi connectivity index (χ1n) is 15.1. The molecule has 0 unspecified atom stereocenters. The zero-order valence-corrected chi connectivity index (χ0v) is 25.9. The highest BCUT2D eigenvalue weighted by molar-refractivity contribution is 5.89. The topological polar surface area (TPSA) is 182 Å². The number of ether oxygens (including phenoxy) is 4. The van der Waals surface area contributed by atoms with Gasteiger partial charge in [-0.1, -0.05) is 48.5 Å². The van der Waals surface area contributed by atoms with Gasteiger partial charge in [-0.05, 0) is 43.0 Å². The maximum atomic E-state index is 12.4. The van der Waals surface area contributed by atoms with Crippen LogP contribution in [0.2, 0.25) is 0 Å². The normalized spacial score (nSPS) is 21.3. The number of alkyl carbamates (subject to hydrolysis) is 2. The third-order valence-electron chi connectivity index (χ3n) is 7.73. The van der Waals surface area contributed by atoms with Crippen molar-refractivity contribution < 1.29 is 42.9 Å². The van der Waals surface area contributed by atoms with E-state index in [2.05, 4.69) is 26.6 Å². The van der Waals surface area contributed by atoms with Gasteiger partial charge in [0.25, 0.3) is 0 Å². The van der Waals surface area contributed by atoms with Crippen molar-refractivity contribution in [2.75, 3.05) is 39.5 Å². The van der Waals surface area contributed by atoms with Crippen molar-refractivity contribution in [3.8, 4) is 11.1 Å². The van der Waals surface area contributed by atoms with Gasteiger partial charge in [0.2, 0.25) is 17.7 Å². The van der Waals surface area contributed by atoms with Crippen LogP contribution in [0.1, 0.15) is 37.8 Å². The van der Waals surface area contributed by atoms with Crippen molar-refractivity contribution in [2.45, 2.75) is 56.6 Å². The van der Waals surface area contributed by atoms with E-state index in [1.165, 1.54) is 0 Å². The minimum Gasteiger partial charge on any atom is -0.449 e. The lowest BCUT2D eigenvalue weighted by Crippen LogP contribution is -2.50. The first kappa shape index (κ1) is 32.7. The molecule has 2 aromatic rings. The van der Waals surface area contributed by atoms with Gasteiger partial charge in [0.05, 0.1) is 38.4 Å². The fourth-order valence-corrected chi connectivity index (χ4v) is 5.75. The molecule has 1 aliphatic carbocycles. The second kappa shape index (κ2) is 14.2. The van der Waals surface area contributed by atoms with E-state index in [0.29, 0.717) is 0 Å². The van der Waals surface area contributed by atoms with Crippen molar-refractivity contribution in [2.24, 2.45) is 0 Å². The van der Waals surface area contributed by atoms with Gasteiger partial charge in [0, 0.05) is 5.92 Å². The summed E-state index contributed by atoms with van der Waals surface area (Å²) in [6.45, 7) is 4.65. The van der Waals surface area contributed by atoms with Crippen LogP contribution < -0.4 is 26.6 Å². The van der Waals surface area contributed by atoms with E-state index in [4.69, 9.17) is 18.9 Å². The van der Waals surface area contributed by atoms with Crippen LogP contribution in [0.5, 0.6) is 0 Å². The Hall–Kier alpha value is -4.69. The van der Waals surface area contributed by atoms with Crippen LogP contribution in [-0.2, 0) is 33.3 Å². The Morgan fingerprint density at radius 3 is 1.76 bits per heavy atom. The van der Waals surface area contributed by atoms with Crippen LogP contribution in [0.3, 0.4) is 0 Å². The molecule has 3 aliphatic rings. The largest absolute Gasteiger partial charge is 0.449 e. The highest BCUT2D eigenvalue weighted by Gasteiger charge is 2.49. The standard InChI is InChI=1S/C32H39N5O9/c1-32(2,3)46-31(42)37-24-17-44-28-23(16-43-29(24)28)36-27(40)14-34-25(38)12-33-26(39)13-35-30(41)45-15-22-20-10-6-4-8-18(20)19-9-5-7-11-21(19)22/h4-11,22-24,28-29H,12-17H2,1-3H3,(H,33,39)(H,34,38)(H,35,41)(H,36,40)(H,37,42)/t23-,24-,28+,29+/m0/s1. The Bertz CT molecular complexity index is 1430. The summed E-state index contributed by atoms with van der Waals surface area (Å²) in [6, 6.07) is 15.0. The van der Waals surface area contributed by atoms with Gasteiger partial charge < -0.3 is 45.5 Å². The van der Waals surface area contributed by atoms with E-state index in [9.17, 15) is 24.0 Å². The molecule has 2 aliphatic heterocycles. The second-order valence-corrected chi connectivity index (χ2v) is 12.3. The highest BCUT2D eigenvalue weighted by Crippen LogP contribution is 2.44. The summed E-state index contributed by atoms with van der Waals surface area (Å²) < 4.78 is 22.2. The maximum absolute atomic E-state index is 12.4. The summed E-state index contributed by atoms with van der Waals surface area (Å²) in [5, 5.41) is 12.7. The molecule has 2 heterocycles. The number of benzene rings is 2. The van der Waals surface area contributed by atoms with Crippen LogP contribution in [0.15, 0.2) is 48.5 Å². The molecule has 2 aromatic carbocycles. The molecule has 46 heavy (non-hydrogen) atoms. The van der Waals surface area contributed by atoms with Crippen molar-refractivity contribution in [1.29, 1.82) is 0 Å². The summed E-state index contributed by atoms with van der Waals surface area (Å²) in [6.07, 6.45) is -2.26. The molecule has 4 atom stereocenters. The molecular weight excluding hydrogens is 598 g/mol. The average Bonchev–Trinajstić information content (AvgIpc) is 3.69. The molecule has 2 fully saturated rings. The van der Waals surface area contributed by atoms with Crippen molar-refractivity contribution in [3.63, 3.8) is 0 Å². The first-order valence-corrected chi connectivity index (χ1v) is 15.1. The number of fused-ring (bicyclic) bond motifs is 4. The fourth-order valence-electron chi connectivity index (χ4n) is 5.75. The second-order valence-electron chi connectivity index (χ2n) is 12.3. The van der Waals surface area contributed by atoms with Crippen LogP contribution in [0.4, 0.5) is 9.59 Å². The van der Waals surface area contributed by atoms with Gasteiger partial charge in [-0.3, -0.25) is 14.4 Å². The quantitative estimate of drug-likeness (QED) is 0.253. The molecule has 0 radical (unpaired) electrons. The third kappa shape index (κ3) is 8.12. The van der Waals surface area contributed by atoms with Gasteiger partial charge >= 0.3 is 12.2 Å². The van der Waals surface area contributed by atoms with Crippen LogP contribution in [-0.4, -0.2) is 99.3 Å². The van der Waals surface area contributed by atoms with Gasteiger partial charge in [0.15, 0.2) is 0 Å². The molecule has 2 saturated heterocycles. The maximum Gasteiger partial charge on any atom is 0.408 e. The molecule has 5 amide bonds. The predicted octanol–water partition coefficient (Wildman–Crippen LogP) is 0.933.